The normalized spacial score (nSPS) is 25.0. The van der Waals surface area contributed by atoms with Crippen LogP contribution in [-0.4, -0.2) is 30.9 Å². The number of para-hydroxylation sites is 3. The smallest absolute Gasteiger partial charge is 0.352 e. The number of amides is 2. The summed E-state index contributed by atoms with van der Waals surface area (Å²) in [5, 5.41) is 11.3. The first kappa shape index (κ1) is 25.1. The molecule has 1 aliphatic carbocycles. The number of nitrogens with zero attached hydrogens (tertiary/aromatic N) is 4. The summed E-state index contributed by atoms with van der Waals surface area (Å²) >= 11 is 0. The topological polar surface area (TPSA) is 107 Å². The van der Waals surface area contributed by atoms with Gasteiger partial charge in [-0.2, -0.15) is 0 Å². The van der Waals surface area contributed by atoms with Crippen molar-refractivity contribution >= 4 is 17.5 Å². The van der Waals surface area contributed by atoms with E-state index in [9.17, 15) is 24.3 Å². The first-order chi connectivity index (χ1) is 19.7. The van der Waals surface area contributed by atoms with Crippen molar-refractivity contribution in [2.75, 3.05) is 4.90 Å². The number of imide groups is 1. The predicted octanol–water partition coefficient (Wildman–Crippen LogP) is 3.68. The van der Waals surface area contributed by atoms with Crippen molar-refractivity contribution in [2.24, 2.45) is 11.3 Å². The zero-order valence-electron chi connectivity index (χ0n) is 22.6. The van der Waals surface area contributed by atoms with Crippen LogP contribution in [-0.2, 0) is 16.1 Å². The molecule has 4 aromatic rings. The van der Waals surface area contributed by atoms with Gasteiger partial charge in [0.1, 0.15) is 5.75 Å². The molecule has 7 rings (SSSR count). The molecule has 4 unspecified atom stereocenters. The van der Waals surface area contributed by atoms with Gasteiger partial charge in [-0.15, -0.1) is 0 Å². The van der Waals surface area contributed by atoms with Gasteiger partial charge in [0.15, 0.2) is 0 Å². The largest absolute Gasteiger partial charge is 0.507 e. The molecule has 0 bridgehead atoms. The van der Waals surface area contributed by atoms with E-state index in [-0.39, 0.29) is 30.5 Å². The highest BCUT2D eigenvalue weighted by atomic mass is 16.3. The van der Waals surface area contributed by atoms with Crippen LogP contribution in [0.3, 0.4) is 0 Å². The van der Waals surface area contributed by atoms with Crippen molar-refractivity contribution < 1.29 is 14.7 Å². The minimum Gasteiger partial charge on any atom is -0.507 e. The number of carbonyl (C=O) groups is 2. The number of rotatable bonds is 3. The molecule has 3 heterocycles. The van der Waals surface area contributed by atoms with Crippen LogP contribution in [0.5, 0.6) is 5.75 Å². The number of aromatic nitrogens is 3. The van der Waals surface area contributed by atoms with Crippen LogP contribution in [0.1, 0.15) is 36.4 Å². The quantitative estimate of drug-likeness (QED) is 0.311. The van der Waals surface area contributed by atoms with E-state index >= 15 is 0 Å². The van der Waals surface area contributed by atoms with Crippen LogP contribution in [0.25, 0.3) is 5.69 Å². The maximum atomic E-state index is 14.4. The summed E-state index contributed by atoms with van der Waals surface area (Å²) in [6.45, 7) is 3.70. The third-order valence-corrected chi connectivity index (χ3v) is 9.15. The van der Waals surface area contributed by atoms with Crippen LogP contribution in [0.15, 0.2) is 100 Å². The van der Waals surface area contributed by atoms with Crippen LogP contribution in [0, 0.1) is 18.3 Å². The van der Waals surface area contributed by atoms with Gasteiger partial charge in [0, 0.05) is 11.5 Å². The minimum absolute atomic E-state index is 0.0506. The molecular weight excluding hydrogens is 520 g/mol. The van der Waals surface area contributed by atoms with Gasteiger partial charge < -0.3 is 5.11 Å². The molecule has 9 nitrogen and oxygen atoms in total. The molecule has 3 aromatic carbocycles. The number of phenols is 1. The van der Waals surface area contributed by atoms with Crippen LogP contribution < -0.4 is 16.3 Å². The Balaban J connectivity index is 1.46. The monoisotopic (exact) mass is 548 g/mol. The molecule has 0 spiro atoms. The van der Waals surface area contributed by atoms with E-state index in [0.29, 0.717) is 22.5 Å². The number of allylic oxidation sites excluding steroid dienone is 2. The number of hydrogen-bond donors (Lipinski definition) is 1. The molecule has 1 saturated carbocycles. The average Bonchev–Trinajstić information content (AvgIpc) is 3.35. The van der Waals surface area contributed by atoms with E-state index in [4.69, 9.17) is 0 Å². The lowest BCUT2D eigenvalue weighted by Gasteiger charge is -2.47. The summed E-state index contributed by atoms with van der Waals surface area (Å²) < 4.78 is 3.98. The minimum atomic E-state index is -1.23. The van der Waals surface area contributed by atoms with E-state index in [1.165, 1.54) is 14.3 Å². The number of hydrogen-bond acceptors (Lipinski definition) is 5. The zero-order chi connectivity index (χ0) is 28.6. The third kappa shape index (κ3) is 3.29. The summed E-state index contributed by atoms with van der Waals surface area (Å²) in [6.07, 6.45) is 2.05. The lowest BCUT2D eigenvalue weighted by Crippen LogP contribution is -2.49. The van der Waals surface area contributed by atoms with Gasteiger partial charge in [0.2, 0.25) is 11.8 Å². The Morgan fingerprint density at radius 1 is 0.829 bits per heavy atom. The Morgan fingerprint density at radius 2 is 1.49 bits per heavy atom. The van der Waals surface area contributed by atoms with Crippen LogP contribution in [0.4, 0.5) is 5.69 Å². The fourth-order valence-corrected chi connectivity index (χ4v) is 7.16. The van der Waals surface area contributed by atoms with Gasteiger partial charge in [0.05, 0.1) is 35.3 Å². The Bertz CT molecular complexity index is 1880. The number of aryl methyl sites for hydroxylation is 1. The molecule has 2 amide bonds. The lowest BCUT2D eigenvalue weighted by atomic mass is 9.56. The van der Waals surface area contributed by atoms with Crippen LogP contribution in [0.2, 0.25) is 0 Å². The number of aromatic hydroxyl groups is 1. The Morgan fingerprint density at radius 3 is 2.17 bits per heavy atom. The van der Waals surface area contributed by atoms with Gasteiger partial charge in [0.25, 0.3) is 0 Å². The molecular formula is C32H28N4O5. The van der Waals surface area contributed by atoms with E-state index in [1.807, 2.05) is 24.3 Å². The molecule has 206 valence electrons. The maximum absolute atomic E-state index is 14.4. The standard InChI is InChI=1S/C32H28N4O5/c1-19-10-9-15-23(27(19)37)26-22-16-17-33-30(40)35(21-13-7-4-8-14-21)31(41)36(33)25(22)18-24-28(38)34(29(39)32(24,26)2)20-11-5-3-6-12-20/h3-16,24-26,37H,17-18H2,1-2H3. The summed E-state index contributed by atoms with van der Waals surface area (Å²) in [5.74, 6) is -2.14. The van der Waals surface area contributed by atoms with Crippen molar-refractivity contribution in [2.45, 2.75) is 38.8 Å². The Hall–Kier alpha value is -4.92. The molecule has 41 heavy (non-hydrogen) atoms. The first-order valence-electron chi connectivity index (χ1n) is 13.7. The number of anilines is 1. The number of benzene rings is 3. The van der Waals surface area contributed by atoms with E-state index in [0.717, 1.165) is 10.1 Å². The zero-order valence-corrected chi connectivity index (χ0v) is 22.6. The van der Waals surface area contributed by atoms with Gasteiger partial charge >= 0.3 is 11.4 Å². The highest BCUT2D eigenvalue weighted by Gasteiger charge is 2.65. The molecule has 1 N–H and O–H groups in total. The fourth-order valence-electron chi connectivity index (χ4n) is 7.16. The second-order valence-corrected chi connectivity index (χ2v) is 11.2. The van der Waals surface area contributed by atoms with E-state index in [2.05, 4.69) is 0 Å². The van der Waals surface area contributed by atoms with Crippen molar-refractivity contribution in [3.63, 3.8) is 0 Å². The van der Waals surface area contributed by atoms with E-state index in [1.54, 1.807) is 74.5 Å². The molecule has 9 heteroatoms. The molecule has 4 atom stereocenters. The number of phenolic OH excluding ortho intramolecular Hbond substituents is 1. The van der Waals surface area contributed by atoms with Gasteiger partial charge in [-0.3, -0.25) is 9.59 Å². The summed E-state index contributed by atoms with van der Waals surface area (Å²) in [7, 11) is 0. The maximum Gasteiger partial charge on any atom is 0.352 e. The van der Waals surface area contributed by atoms with Crippen molar-refractivity contribution in [3.8, 4) is 11.4 Å². The van der Waals surface area contributed by atoms with E-state index < -0.39 is 34.7 Å². The van der Waals surface area contributed by atoms with Gasteiger partial charge in [-0.1, -0.05) is 60.7 Å². The van der Waals surface area contributed by atoms with Gasteiger partial charge in [-0.05, 0) is 55.7 Å². The molecule has 0 radical (unpaired) electrons. The second-order valence-electron chi connectivity index (χ2n) is 11.2. The predicted molar refractivity (Wildman–Crippen MR) is 152 cm³/mol. The van der Waals surface area contributed by atoms with Gasteiger partial charge in [-0.25, -0.2) is 28.4 Å². The van der Waals surface area contributed by atoms with Crippen LogP contribution >= 0.6 is 0 Å². The number of carbonyl (C=O) groups excluding carboxylic acids is 2. The molecule has 2 aliphatic heterocycles. The second kappa shape index (κ2) is 8.79. The Labute approximate surface area is 235 Å². The van der Waals surface area contributed by atoms with Crippen molar-refractivity contribution in [1.82, 2.24) is 13.9 Å². The summed E-state index contributed by atoms with van der Waals surface area (Å²) in [5.41, 5.74) is 0.630. The lowest BCUT2D eigenvalue weighted by molar-refractivity contribution is -0.129. The highest BCUT2D eigenvalue weighted by Crippen LogP contribution is 2.62. The molecule has 2 fully saturated rings. The highest BCUT2D eigenvalue weighted by molar-refractivity contribution is 6.24. The fraction of sp³-hybridized carbons (Fsp3) is 0.250. The molecule has 1 saturated heterocycles. The Kier molecular flexibility index (Phi) is 5.38. The molecule has 3 aliphatic rings. The third-order valence-electron chi connectivity index (χ3n) is 9.15. The number of fused-ring (bicyclic) bond motifs is 4. The molecule has 1 aromatic heterocycles. The van der Waals surface area contributed by atoms with Crippen molar-refractivity contribution in [3.05, 3.63) is 123 Å². The first-order valence-corrected chi connectivity index (χ1v) is 13.7. The van der Waals surface area contributed by atoms with Crippen molar-refractivity contribution in [1.29, 1.82) is 0 Å². The average molecular weight is 549 g/mol. The summed E-state index contributed by atoms with van der Waals surface area (Å²) in [4.78, 5) is 57.1. The summed E-state index contributed by atoms with van der Waals surface area (Å²) in [6, 6.07) is 22.3. The SMILES string of the molecule is Cc1cccc(C2C3=CCn4c(=O)n(-c5ccccc5)c(=O)n4C3CC3C(=O)N(c4ccccc4)C(=O)C32C)c1O.